The first-order chi connectivity index (χ1) is 25.6. The summed E-state index contributed by atoms with van der Waals surface area (Å²) in [6.07, 6.45) is -0.878. The minimum Gasteiger partial charge on any atom is -0.505 e. The number of rotatable bonds is 2. The lowest BCUT2D eigenvalue weighted by atomic mass is 9.75. The Kier molecular flexibility index (Phi) is 12.9. The molecule has 3 heterocycles. The smallest absolute Gasteiger partial charge is 0.313 e. The van der Waals surface area contributed by atoms with Crippen LogP contribution >= 0.6 is 0 Å². The number of esters is 2. The van der Waals surface area contributed by atoms with Gasteiger partial charge in [0.05, 0.1) is 48.3 Å². The lowest BCUT2D eigenvalue weighted by Gasteiger charge is -2.39. The first-order valence-corrected chi connectivity index (χ1v) is 17.8. The molecule has 300 valence electrons. The summed E-state index contributed by atoms with van der Waals surface area (Å²) in [5, 5.41) is 71.8. The van der Waals surface area contributed by atoms with Gasteiger partial charge in [0.2, 0.25) is 6.79 Å². The van der Waals surface area contributed by atoms with Crippen molar-refractivity contribution in [3.8, 4) is 11.5 Å². The molecule has 3 aliphatic heterocycles. The molecule has 4 bridgehead atoms. The second kappa shape index (κ2) is 16.5. The molecule has 0 unspecified atom stereocenters. The summed E-state index contributed by atoms with van der Waals surface area (Å²) in [4.78, 5) is 53.0. The standard InChI is InChI=1S/C40H51NO14/c1-16-12-11-13-17(2)38(49)41-28-19(4)36(55-23(8)42)24-25(33(28)47)31(45)21(6)35-26(24)34(53-15-54-35)18(3)14-40(9,51)37(48)22(7)32(46)27(39(50)52-10)30(44)20(5)29(16)43/h11-14,16,20,22,27,29-30,32,37,43-44,46-48,51H,15H2,1-10H3,(H,41,49)/t16-,20-,22-,27-,29-,30-,32+,37-,40+/m1/s1. The van der Waals surface area contributed by atoms with Crippen molar-refractivity contribution < 1.29 is 68.8 Å². The first-order valence-electron chi connectivity index (χ1n) is 17.8. The summed E-state index contributed by atoms with van der Waals surface area (Å²) in [6, 6.07) is 0. The maximum absolute atomic E-state index is 14.0. The third-order valence-corrected chi connectivity index (χ3v) is 10.6. The van der Waals surface area contributed by atoms with Gasteiger partial charge in [-0.25, -0.2) is 0 Å². The minimum absolute atomic E-state index is 0.00256. The highest BCUT2D eigenvalue weighted by Gasteiger charge is 2.47. The molecule has 0 aromatic heterocycles. The largest absolute Gasteiger partial charge is 0.505 e. The molecule has 1 aromatic carbocycles. The van der Waals surface area contributed by atoms with Crippen molar-refractivity contribution in [1.82, 2.24) is 0 Å². The Labute approximate surface area is 319 Å². The van der Waals surface area contributed by atoms with Crippen LogP contribution in [0.4, 0.5) is 5.69 Å². The van der Waals surface area contributed by atoms with E-state index in [1.165, 1.54) is 66.7 Å². The van der Waals surface area contributed by atoms with Gasteiger partial charge in [0.1, 0.15) is 28.8 Å². The molecular weight excluding hydrogens is 718 g/mol. The number of benzene rings is 1. The minimum atomic E-state index is -2.17. The van der Waals surface area contributed by atoms with Gasteiger partial charge in [-0.2, -0.15) is 0 Å². The molecule has 0 saturated heterocycles. The number of aliphatic hydroxyl groups excluding tert-OH is 4. The van der Waals surface area contributed by atoms with Gasteiger partial charge in [0, 0.05) is 47.0 Å². The number of hydrogen-bond donors (Lipinski definition) is 7. The maximum atomic E-state index is 14.0. The Morgan fingerprint density at radius 3 is 2.11 bits per heavy atom. The van der Waals surface area contributed by atoms with Crippen LogP contribution in [0, 0.1) is 30.6 Å². The normalized spacial score (nSPS) is 30.8. The van der Waals surface area contributed by atoms with Crippen LogP contribution in [0.3, 0.4) is 0 Å². The molecule has 0 radical (unpaired) electrons. The van der Waals surface area contributed by atoms with Gasteiger partial charge in [-0.05, 0) is 46.3 Å². The van der Waals surface area contributed by atoms with E-state index in [-0.39, 0.29) is 61.9 Å². The van der Waals surface area contributed by atoms with Gasteiger partial charge < -0.3 is 54.9 Å². The number of phenols is 1. The van der Waals surface area contributed by atoms with E-state index in [1.54, 1.807) is 13.0 Å². The van der Waals surface area contributed by atoms with Gasteiger partial charge >= 0.3 is 11.9 Å². The predicted octanol–water partition coefficient (Wildman–Crippen LogP) is 3.10. The molecule has 7 N–H and O–H groups in total. The first kappa shape index (κ1) is 42.9. The average Bonchev–Trinajstić information content (AvgIpc) is 3.13. The van der Waals surface area contributed by atoms with Crippen LogP contribution in [0.5, 0.6) is 11.5 Å². The van der Waals surface area contributed by atoms with Crippen molar-refractivity contribution in [2.75, 3.05) is 19.2 Å². The zero-order chi connectivity index (χ0) is 41.4. The summed E-state index contributed by atoms with van der Waals surface area (Å²) in [5.41, 5.74) is -2.34. The number of hydrogen-bond acceptors (Lipinski definition) is 14. The van der Waals surface area contributed by atoms with Crippen molar-refractivity contribution >= 4 is 34.9 Å². The van der Waals surface area contributed by atoms with Crippen molar-refractivity contribution in [1.29, 1.82) is 0 Å². The van der Waals surface area contributed by atoms with Crippen LogP contribution in [-0.4, -0.2) is 98.2 Å². The summed E-state index contributed by atoms with van der Waals surface area (Å²) >= 11 is 0. The molecule has 15 nitrogen and oxygen atoms in total. The number of fused-ring (bicyclic) bond motifs is 14. The Balaban J connectivity index is 2.07. The number of ether oxygens (including phenoxy) is 4. The second-order valence-corrected chi connectivity index (χ2v) is 14.7. The zero-order valence-electron chi connectivity index (χ0n) is 32.6. The molecule has 5 rings (SSSR count). The Morgan fingerprint density at radius 2 is 1.51 bits per heavy atom. The number of nitrogens with one attached hydrogen (secondary N) is 1. The number of amides is 1. The molecule has 15 heteroatoms. The van der Waals surface area contributed by atoms with E-state index in [2.05, 4.69) is 5.32 Å². The highest BCUT2D eigenvalue weighted by Crippen LogP contribution is 2.53. The van der Waals surface area contributed by atoms with Crippen LogP contribution < -0.4 is 10.1 Å². The monoisotopic (exact) mass is 769 g/mol. The van der Waals surface area contributed by atoms with Gasteiger partial charge in [-0.3, -0.25) is 19.2 Å². The van der Waals surface area contributed by atoms with Crippen molar-refractivity contribution in [3.63, 3.8) is 0 Å². The molecule has 0 saturated carbocycles. The highest BCUT2D eigenvalue weighted by molar-refractivity contribution is 6.21. The Morgan fingerprint density at radius 1 is 0.909 bits per heavy atom. The topological polar surface area (TPSA) is 239 Å². The van der Waals surface area contributed by atoms with E-state index in [4.69, 9.17) is 18.9 Å². The van der Waals surface area contributed by atoms with Gasteiger partial charge in [-0.15, -0.1) is 0 Å². The number of aliphatic hydroxyl groups is 5. The lowest BCUT2D eigenvalue weighted by molar-refractivity contribution is -0.168. The number of allylic oxidation sites excluding steroid dienone is 5. The fourth-order valence-electron chi connectivity index (χ4n) is 7.28. The number of carbonyl (C=O) groups is 4. The van der Waals surface area contributed by atoms with Crippen LogP contribution in [0.1, 0.15) is 76.9 Å². The number of aromatic hydroxyl groups is 1. The fourth-order valence-corrected chi connectivity index (χ4v) is 7.28. The van der Waals surface area contributed by atoms with E-state index in [9.17, 15) is 49.8 Å². The second-order valence-electron chi connectivity index (χ2n) is 14.7. The van der Waals surface area contributed by atoms with Crippen molar-refractivity contribution in [3.05, 3.63) is 69.2 Å². The molecule has 55 heavy (non-hydrogen) atoms. The average molecular weight is 770 g/mol. The number of Topliss-reactive ketones (excluding diaryl/α,β-unsaturated/α-hetero) is 1. The van der Waals surface area contributed by atoms with Crippen molar-refractivity contribution in [2.24, 2.45) is 23.7 Å². The Hall–Kier alpha value is -4.80. The van der Waals surface area contributed by atoms with Gasteiger partial charge in [0.25, 0.3) is 5.91 Å². The van der Waals surface area contributed by atoms with E-state index in [1.807, 2.05) is 0 Å². The SMILES string of the molecule is COC(=O)[C@@H]1[C@H](O)[C@H](C)[C@H](O)[C@H](C)C=CC=C(C)C(=O)Nc2c(C)c(OC(C)=O)c3c(c2O)C(=O)C(C)=C2OCOC(=C23)C(C)=C[C@](C)(O)[C@H](O)[C@H](C)[C@@H]1O. The number of phenolic OH excluding ortho intramolecular Hbond substituents is 1. The van der Waals surface area contributed by atoms with Crippen LogP contribution in [0.15, 0.2) is 52.5 Å². The fraction of sp³-hybridized carbons (Fsp3) is 0.500. The van der Waals surface area contributed by atoms with Gasteiger partial charge in [-0.1, -0.05) is 39.0 Å². The molecular formula is C40H51NO14. The van der Waals surface area contributed by atoms with E-state index < -0.39 is 89.9 Å². The molecule has 9 atom stereocenters. The van der Waals surface area contributed by atoms with Crippen LogP contribution in [0.25, 0.3) is 5.57 Å². The quantitative estimate of drug-likeness (QED) is 0.130. The number of methoxy groups -OCH3 is 1. The number of ketones is 1. The third kappa shape index (κ3) is 8.12. The summed E-state index contributed by atoms with van der Waals surface area (Å²) in [7, 11) is 1.06. The van der Waals surface area contributed by atoms with E-state index in [0.29, 0.717) is 0 Å². The molecule has 1 aromatic rings. The summed E-state index contributed by atoms with van der Waals surface area (Å²) in [6.45, 7) is 12.3. The summed E-state index contributed by atoms with van der Waals surface area (Å²) < 4.78 is 22.3. The zero-order valence-corrected chi connectivity index (χ0v) is 32.6. The molecule has 1 aliphatic carbocycles. The Bertz CT molecular complexity index is 1920. The van der Waals surface area contributed by atoms with E-state index >= 15 is 0 Å². The number of anilines is 1. The molecule has 0 fully saturated rings. The van der Waals surface area contributed by atoms with Crippen molar-refractivity contribution in [2.45, 2.75) is 92.3 Å². The number of carbonyl (C=O) groups excluding carboxylic acids is 4. The lowest BCUT2D eigenvalue weighted by Crippen LogP contribution is -2.53. The maximum Gasteiger partial charge on any atom is 0.313 e. The molecule has 4 aliphatic rings. The summed E-state index contributed by atoms with van der Waals surface area (Å²) in [5.74, 6) is -8.68. The molecule has 0 spiro atoms. The molecule has 1 amide bonds. The van der Waals surface area contributed by atoms with Gasteiger partial charge in [0.15, 0.2) is 11.5 Å². The van der Waals surface area contributed by atoms with E-state index in [0.717, 1.165) is 14.0 Å². The highest BCUT2D eigenvalue weighted by atomic mass is 16.7. The third-order valence-electron chi connectivity index (χ3n) is 10.6. The predicted molar refractivity (Wildman–Crippen MR) is 198 cm³/mol. The van der Waals surface area contributed by atoms with Crippen LogP contribution in [-0.2, 0) is 28.6 Å². The van der Waals surface area contributed by atoms with Crippen LogP contribution in [0.2, 0.25) is 0 Å².